The minimum atomic E-state index is -0.784. The molecule has 0 bridgehead atoms. The molecule has 0 fully saturated rings. The van der Waals surface area contributed by atoms with Gasteiger partial charge in [-0.15, -0.1) is 0 Å². The average molecular weight is 393 g/mol. The highest BCUT2D eigenvalue weighted by Gasteiger charge is 2.25. The fourth-order valence-corrected chi connectivity index (χ4v) is 1.98. The predicted molar refractivity (Wildman–Crippen MR) is 90.8 cm³/mol. The molecule has 1 amide bonds. The summed E-state index contributed by atoms with van der Waals surface area (Å²) >= 11 is 2.23. The normalized spacial score (nSPS) is 15.1. The summed E-state index contributed by atoms with van der Waals surface area (Å²) in [5, 5.41) is 0. The van der Waals surface area contributed by atoms with Gasteiger partial charge in [0.05, 0.1) is 0 Å². The Morgan fingerprint density at radius 1 is 1.50 bits per heavy atom. The molecule has 0 heterocycles. The van der Waals surface area contributed by atoms with Crippen molar-refractivity contribution in [3.05, 3.63) is 34.0 Å². The maximum absolute atomic E-state index is 11.0. The molecule has 0 aliphatic carbocycles. The SMILES string of the molecule is C=C(/C=C\C=C(/C)I)[C@H](OC)[C@H](CCCC)OC(N)=O. The minimum absolute atomic E-state index is 0.381. The number of nitrogens with two attached hydrogens (primary N) is 1. The molecule has 0 rings (SSSR count). The van der Waals surface area contributed by atoms with Crippen LogP contribution in [0.5, 0.6) is 0 Å². The molecule has 5 heteroatoms. The topological polar surface area (TPSA) is 61.6 Å². The van der Waals surface area contributed by atoms with Crippen molar-refractivity contribution in [3.8, 4) is 0 Å². The number of carbonyl (C=O) groups excluding carboxylic acids is 1. The van der Waals surface area contributed by atoms with Crippen LogP contribution in [-0.4, -0.2) is 25.4 Å². The lowest BCUT2D eigenvalue weighted by atomic mass is 10.0. The Balaban J connectivity index is 4.85. The van der Waals surface area contributed by atoms with Crippen LogP contribution in [0.2, 0.25) is 0 Å². The first-order valence-corrected chi connectivity index (χ1v) is 7.68. The van der Waals surface area contributed by atoms with E-state index in [0.29, 0.717) is 6.42 Å². The van der Waals surface area contributed by atoms with Gasteiger partial charge in [0.25, 0.3) is 0 Å². The highest BCUT2D eigenvalue weighted by molar-refractivity contribution is 14.1. The number of ether oxygens (including phenoxy) is 2. The number of halogens is 1. The summed E-state index contributed by atoms with van der Waals surface area (Å²) < 4.78 is 11.7. The highest BCUT2D eigenvalue weighted by Crippen LogP contribution is 2.19. The zero-order valence-corrected chi connectivity index (χ0v) is 14.6. The second-order valence-corrected chi connectivity index (χ2v) is 6.16. The van der Waals surface area contributed by atoms with Gasteiger partial charge in [-0.25, -0.2) is 4.79 Å². The van der Waals surface area contributed by atoms with E-state index in [-0.39, 0.29) is 6.10 Å². The summed E-state index contributed by atoms with van der Waals surface area (Å²) in [5.74, 6) is 0. The maximum atomic E-state index is 11.0. The molecule has 0 aromatic heterocycles. The van der Waals surface area contributed by atoms with Crippen LogP contribution in [0.4, 0.5) is 4.79 Å². The third kappa shape index (κ3) is 8.37. The second-order valence-electron chi connectivity index (χ2n) is 4.46. The highest BCUT2D eigenvalue weighted by atomic mass is 127. The van der Waals surface area contributed by atoms with Crippen molar-refractivity contribution in [3.63, 3.8) is 0 Å². The molecule has 0 radical (unpaired) electrons. The van der Waals surface area contributed by atoms with Gasteiger partial charge in [-0.05, 0) is 51.5 Å². The summed E-state index contributed by atoms with van der Waals surface area (Å²) in [5.41, 5.74) is 5.88. The Bertz CT molecular complexity index is 373. The van der Waals surface area contributed by atoms with Gasteiger partial charge in [0.1, 0.15) is 12.2 Å². The largest absolute Gasteiger partial charge is 0.443 e. The molecule has 0 saturated carbocycles. The molecule has 2 N–H and O–H groups in total. The summed E-state index contributed by atoms with van der Waals surface area (Å²) in [6, 6.07) is 0. The predicted octanol–water partition coefficient (Wildman–Crippen LogP) is 4.11. The van der Waals surface area contributed by atoms with Crippen LogP contribution < -0.4 is 5.73 Å². The fraction of sp³-hybridized carbons (Fsp3) is 0.533. The van der Waals surface area contributed by atoms with E-state index in [0.717, 1.165) is 22.0 Å². The van der Waals surface area contributed by atoms with Crippen LogP contribution in [-0.2, 0) is 9.47 Å². The number of primary amides is 1. The lowest BCUT2D eigenvalue weighted by molar-refractivity contribution is -0.00332. The van der Waals surface area contributed by atoms with Gasteiger partial charge in [0.2, 0.25) is 0 Å². The molecule has 4 nitrogen and oxygen atoms in total. The molecule has 0 unspecified atom stereocenters. The molecule has 0 spiro atoms. The second kappa shape index (κ2) is 10.9. The zero-order chi connectivity index (χ0) is 15.5. The molecule has 20 heavy (non-hydrogen) atoms. The van der Waals surface area contributed by atoms with Crippen molar-refractivity contribution in [1.82, 2.24) is 0 Å². The summed E-state index contributed by atoms with van der Waals surface area (Å²) in [4.78, 5) is 11.0. The lowest BCUT2D eigenvalue weighted by Gasteiger charge is -2.25. The monoisotopic (exact) mass is 393 g/mol. The number of allylic oxidation sites excluding steroid dienone is 3. The van der Waals surface area contributed by atoms with Gasteiger partial charge in [-0.3, -0.25) is 0 Å². The van der Waals surface area contributed by atoms with Crippen molar-refractivity contribution in [2.75, 3.05) is 7.11 Å². The summed E-state index contributed by atoms with van der Waals surface area (Å²) in [6.45, 7) is 8.06. The standard InChI is InChI=1S/C15H24INO3/c1-5-6-10-13(20-15(17)18)14(19-4)11(2)8-7-9-12(3)16/h7-9,13-14H,2,5-6,10H2,1,3-4H3,(H2,17,18)/b8-7-,12-9+/t13-,14-/m0/s1. The molecule has 2 atom stereocenters. The van der Waals surface area contributed by atoms with E-state index in [9.17, 15) is 4.79 Å². The molecule has 0 aromatic carbocycles. The van der Waals surface area contributed by atoms with E-state index < -0.39 is 12.2 Å². The van der Waals surface area contributed by atoms with E-state index in [1.165, 1.54) is 0 Å². The van der Waals surface area contributed by atoms with Gasteiger partial charge in [-0.1, -0.05) is 38.2 Å². The number of hydrogen-bond donors (Lipinski definition) is 1. The lowest BCUT2D eigenvalue weighted by Crippen LogP contribution is -2.35. The molecular formula is C15H24INO3. The number of hydrogen-bond acceptors (Lipinski definition) is 3. The number of amides is 1. The molecule has 0 saturated heterocycles. The molecule has 0 aromatic rings. The van der Waals surface area contributed by atoms with Crippen LogP contribution in [0, 0.1) is 0 Å². The average Bonchev–Trinajstić information content (AvgIpc) is 2.35. The van der Waals surface area contributed by atoms with Crippen molar-refractivity contribution >= 4 is 28.7 Å². The van der Waals surface area contributed by atoms with Crippen molar-refractivity contribution in [2.45, 2.75) is 45.3 Å². The number of methoxy groups -OCH3 is 1. The van der Waals surface area contributed by atoms with Gasteiger partial charge < -0.3 is 15.2 Å². The van der Waals surface area contributed by atoms with Crippen molar-refractivity contribution in [2.24, 2.45) is 5.73 Å². The zero-order valence-electron chi connectivity index (χ0n) is 12.4. The fourth-order valence-electron chi connectivity index (χ4n) is 1.77. The Morgan fingerprint density at radius 3 is 2.60 bits per heavy atom. The Labute approximate surface area is 135 Å². The maximum Gasteiger partial charge on any atom is 0.404 e. The van der Waals surface area contributed by atoms with Crippen LogP contribution in [0.25, 0.3) is 0 Å². The van der Waals surface area contributed by atoms with Crippen molar-refractivity contribution < 1.29 is 14.3 Å². The number of unbranched alkanes of at least 4 members (excludes halogenated alkanes) is 1. The van der Waals surface area contributed by atoms with E-state index in [1.807, 2.05) is 25.2 Å². The molecule has 0 aliphatic heterocycles. The third-order valence-corrected chi connectivity index (χ3v) is 3.06. The Morgan fingerprint density at radius 2 is 2.15 bits per heavy atom. The van der Waals surface area contributed by atoms with Gasteiger partial charge in [-0.2, -0.15) is 0 Å². The number of carbonyl (C=O) groups is 1. The van der Waals surface area contributed by atoms with Crippen LogP contribution in [0.1, 0.15) is 33.1 Å². The summed E-state index contributed by atoms with van der Waals surface area (Å²) in [6.07, 6.45) is 6.80. The number of rotatable bonds is 9. The third-order valence-electron chi connectivity index (χ3n) is 2.70. The quantitative estimate of drug-likeness (QED) is 0.474. The Kier molecular flexibility index (Phi) is 10.5. The molecule has 114 valence electrons. The van der Waals surface area contributed by atoms with E-state index in [1.54, 1.807) is 7.11 Å². The van der Waals surface area contributed by atoms with E-state index in [4.69, 9.17) is 15.2 Å². The van der Waals surface area contributed by atoms with Crippen LogP contribution in [0.3, 0.4) is 0 Å². The first-order chi connectivity index (χ1) is 9.42. The van der Waals surface area contributed by atoms with Crippen molar-refractivity contribution in [1.29, 1.82) is 0 Å². The smallest absolute Gasteiger partial charge is 0.404 e. The minimum Gasteiger partial charge on any atom is -0.443 e. The first-order valence-electron chi connectivity index (χ1n) is 6.60. The van der Waals surface area contributed by atoms with Gasteiger partial charge in [0.15, 0.2) is 0 Å². The first kappa shape index (κ1) is 19.2. The van der Waals surface area contributed by atoms with Crippen LogP contribution in [0.15, 0.2) is 34.0 Å². The van der Waals surface area contributed by atoms with Gasteiger partial charge >= 0.3 is 6.09 Å². The van der Waals surface area contributed by atoms with E-state index >= 15 is 0 Å². The van der Waals surface area contributed by atoms with E-state index in [2.05, 4.69) is 36.1 Å². The molecule has 0 aliphatic rings. The Hall–Kier alpha value is -0.820. The van der Waals surface area contributed by atoms with Crippen LogP contribution >= 0.6 is 22.6 Å². The molecular weight excluding hydrogens is 369 g/mol. The van der Waals surface area contributed by atoms with Gasteiger partial charge in [0, 0.05) is 7.11 Å². The summed E-state index contributed by atoms with van der Waals surface area (Å²) in [7, 11) is 1.58.